The lowest BCUT2D eigenvalue weighted by Crippen LogP contribution is -2.26. The zero-order valence-electron chi connectivity index (χ0n) is 12.6. The largest absolute Gasteiger partial charge is 0.494 e. The van der Waals surface area contributed by atoms with Crippen molar-refractivity contribution in [2.24, 2.45) is 0 Å². The first-order valence-electron chi connectivity index (χ1n) is 6.83. The average molecular weight is 305 g/mol. The standard InChI is InChI=1S/C17H17F2NO2/c1-10-4-5-13(9-14(10)18)17(21)20-11(2)12-6-7-16(22-3)15(19)8-12/h4-9,11H,1-3H3,(H,20,21)/t11-/m1/s1. The molecule has 3 nitrogen and oxygen atoms in total. The summed E-state index contributed by atoms with van der Waals surface area (Å²) in [4.78, 5) is 12.1. The minimum Gasteiger partial charge on any atom is -0.494 e. The molecule has 0 fully saturated rings. The minimum absolute atomic E-state index is 0.142. The van der Waals surface area contributed by atoms with Crippen LogP contribution in [0.15, 0.2) is 36.4 Å². The lowest BCUT2D eigenvalue weighted by Gasteiger charge is -2.15. The van der Waals surface area contributed by atoms with Gasteiger partial charge in [-0.2, -0.15) is 0 Å². The van der Waals surface area contributed by atoms with Gasteiger partial charge in [-0.1, -0.05) is 12.1 Å². The molecule has 0 unspecified atom stereocenters. The van der Waals surface area contributed by atoms with Crippen LogP contribution in [-0.2, 0) is 0 Å². The highest BCUT2D eigenvalue weighted by atomic mass is 19.1. The molecule has 116 valence electrons. The van der Waals surface area contributed by atoms with Crippen molar-refractivity contribution in [2.75, 3.05) is 7.11 Å². The maximum absolute atomic E-state index is 13.7. The molecule has 5 heteroatoms. The summed E-state index contributed by atoms with van der Waals surface area (Å²) in [5.41, 5.74) is 1.30. The van der Waals surface area contributed by atoms with Gasteiger partial charge in [-0.05, 0) is 49.2 Å². The lowest BCUT2D eigenvalue weighted by molar-refractivity contribution is 0.0939. The molecular formula is C17H17F2NO2. The van der Waals surface area contributed by atoms with Crippen molar-refractivity contribution >= 4 is 5.91 Å². The van der Waals surface area contributed by atoms with E-state index in [0.717, 1.165) is 0 Å². The van der Waals surface area contributed by atoms with E-state index >= 15 is 0 Å². The van der Waals surface area contributed by atoms with E-state index < -0.39 is 23.6 Å². The highest BCUT2D eigenvalue weighted by molar-refractivity contribution is 5.94. The first-order chi connectivity index (χ1) is 10.4. The molecule has 0 radical (unpaired) electrons. The minimum atomic E-state index is -0.498. The first-order valence-corrected chi connectivity index (χ1v) is 6.83. The van der Waals surface area contributed by atoms with Crippen molar-refractivity contribution in [2.45, 2.75) is 19.9 Å². The smallest absolute Gasteiger partial charge is 0.251 e. The highest BCUT2D eigenvalue weighted by Crippen LogP contribution is 2.22. The van der Waals surface area contributed by atoms with Gasteiger partial charge in [-0.3, -0.25) is 4.79 Å². The molecule has 0 aliphatic heterocycles. The Morgan fingerprint density at radius 1 is 1.14 bits per heavy atom. The summed E-state index contributed by atoms with van der Waals surface area (Å²) in [6.45, 7) is 3.35. The van der Waals surface area contributed by atoms with Gasteiger partial charge >= 0.3 is 0 Å². The highest BCUT2D eigenvalue weighted by Gasteiger charge is 2.14. The van der Waals surface area contributed by atoms with Gasteiger partial charge in [-0.15, -0.1) is 0 Å². The van der Waals surface area contributed by atoms with Crippen molar-refractivity contribution in [1.82, 2.24) is 5.32 Å². The molecule has 1 amide bonds. The second kappa shape index (κ2) is 6.56. The van der Waals surface area contributed by atoms with E-state index in [9.17, 15) is 13.6 Å². The summed E-state index contributed by atoms with van der Waals surface area (Å²) in [5, 5.41) is 2.71. The van der Waals surface area contributed by atoms with Gasteiger partial charge in [0.2, 0.25) is 0 Å². The Morgan fingerprint density at radius 2 is 1.86 bits per heavy atom. The van der Waals surface area contributed by atoms with E-state index in [4.69, 9.17) is 4.74 Å². The summed E-state index contributed by atoms with van der Waals surface area (Å²) < 4.78 is 32.0. The molecule has 0 bridgehead atoms. The zero-order valence-corrected chi connectivity index (χ0v) is 12.6. The molecule has 2 rings (SSSR count). The van der Waals surface area contributed by atoms with Gasteiger partial charge in [0.05, 0.1) is 13.2 Å². The van der Waals surface area contributed by atoms with E-state index in [1.807, 2.05) is 0 Å². The number of ether oxygens (including phenoxy) is 1. The van der Waals surface area contributed by atoms with Gasteiger partial charge in [0.15, 0.2) is 11.6 Å². The number of methoxy groups -OCH3 is 1. The molecule has 1 atom stereocenters. The Labute approximate surface area is 127 Å². The van der Waals surface area contributed by atoms with Crippen LogP contribution in [-0.4, -0.2) is 13.0 Å². The third-order valence-corrected chi connectivity index (χ3v) is 3.46. The Kier molecular flexibility index (Phi) is 4.75. The van der Waals surface area contributed by atoms with Crippen LogP contribution in [0.5, 0.6) is 5.75 Å². The summed E-state index contributed by atoms with van der Waals surface area (Å²) >= 11 is 0. The normalized spacial score (nSPS) is 11.9. The fraction of sp³-hybridized carbons (Fsp3) is 0.235. The van der Waals surface area contributed by atoms with Crippen molar-refractivity contribution in [3.8, 4) is 5.75 Å². The second-order valence-electron chi connectivity index (χ2n) is 5.05. The SMILES string of the molecule is COc1ccc([C@@H](C)NC(=O)c2ccc(C)c(F)c2)cc1F. The Bertz CT molecular complexity index is 701. The zero-order chi connectivity index (χ0) is 16.3. The molecule has 0 spiro atoms. The number of hydrogen-bond acceptors (Lipinski definition) is 2. The predicted molar refractivity (Wildman–Crippen MR) is 80.0 cm³/mol. The van der Waals surface area contributed by atoms with Crippen molar-refractivity contribution in [3.63, 3.8) is 0 Å². The molecule has 0 aliphatic carbocycles. The van der Waals surface area contributed by atoms with Gasteiger partial charge in [0, 0.05) is 5.56 Å². The number of carbonyl (C=O) groups is 1. The van der Waals surface area contributed by atoms with Crippen molar-refractivity contribution in [3.05, 3.63) is 64.7 Å². The van der Waals surface area contributed by atoms with E-state index in [1.165, 1.54) is 25.3 Å². The summed E-state index contributed by atoms with van der Waals surface area (Å²) in [6, 6.07) is 8.33. The van der Waals surface area contributed by atoms with Crippen LogP contribution < -0.4 is 10.1 Å². The number of benzene rings is 2. The monoisotopic (exact) mass is 305 g/mol. The third-order valence-electron chi connectivity index (χ3n) is 3.46. The van der Waals surface area contributed by atoms with E-state index in [-0.39, 0.29) is 11.3 Å². The van der Waals surface area contributed by atoms with E-state index in [1.54, 1.807) is 32.0 Å². The molecular weight excluding hydrogens is 288 g/mol. The number of rotatable bonds is 4. The van der Waals surface area contributed by atoms with Crippen LogP contribution in [0.3, 0.4) is 0 Å². The maximum Gasteiger partial charge on any atom is 0.251 e. The molecule has 0 aliphatic rings. The Balaban J connectivity index is 2.13. The molecule has 0 saturated carbocycles. The number of amides is 1. The van der Waals surface area contributed by atoms with Gasteiger partial charge in [0.25, 0.3) is 5.91 Å². The number of nitrogens with one attached hydrogen (secondary N) is 1. The molecule has 1 N–H and O–H groups in total. The second-order valence-corrected chi connectivity index (χ2v) is 5.05. The van der Waals surface area contributed by atoms with Gasteiger partial charge in [0.1, 0.15) is 5.82 Å². The predicted octanol–water partition coefficient (Wildman–Crippen LogP) is 3.77. The molecule has 0 aromatic heterocycles. The average Bonchev–Trinajstić information content (AvgIpc) is 2.49. The lowest BCUT2D eigenvalue weighted by atomic mass is 10.1. The topological polar surface area (TPSA) is 38.3 Å². The van der Waals surface area contributed by atoms with Crippen LogP contribution in [0.4, 0.5) is 8.78 Å². The van der Waals surface area contributed by atoms with Crippen molar-refractivity contribution < 1.29 is 18.3 Å². The fourth-order valence-electron chi connectivity index (χ4n) is 2.05. The quantitative estimate of drug-likeness (QED) is 0.933. The molecule has 22 heavy (non-hydrogen) atoms. The summed E-state index contributed by atoms with van der Waals surface area (Å²) in [5.74, 6) is -1.20. The van der Waals surface area contributed by atoms with Gasteiger partial charge in [-0.25, -0.2) is 8.78 Å². The van der Waals surface area contributed by atoms with E-state index in [0.29, 0.717) is 11.1 Å². The van der Waals surface area contributed by atoms with Crippen LogP contribution >= 0.6 is 0 Å². The number of hydrogen-bond donors (Lipinski definition) is 1. The summed E-state index contributed by atoms with van der Waals surface area (Å²) in [7, 11) is 1.38. The molecule has 2 aromatic carbocycles. The molecule has 0 saturated heterocycles. The number of aryl methyl sites for hydroxylation is 1. The summed E-state index contributed by atoms with van der Waals surface area (Å²) in [6.07, 6.45) is 0. The van der Waals surface area contributed by atoms with E-state index in [2.05, 4.69) is 5.32 Å². The number of carbonyl (C=O) groups excluding carboxylic acids is 1. The van der Waals surface area contributed by atoms with Crippen LogP contribution in [0.1, 0.15) is 34.5 Å². The fourth-order valence-corrected chi connectivity index (χ4v) is 2.05. The first kappa shape index (κ1) is 15.9. The Hall–Kier alpha value is -2.43. The van der Waals surface area contributed by atoms with Gasteiger partial charge < -0.3 is 10.1 Å². The van der Waals surface area contributed by atoms with Crippen molar-refractivity contribution in [1.29, 1.82) is 0 Å². The van der Waals surface area contributed by atoms with Crippen LogP contribution in [0.2, 0.25) is 0 Å². The van der Waals surface area contributed by atoms with Crippen LogP contribution in [0, 0.1) is 18.6 Å². The van der Waals surface area contributed by atoms with Crippen LogP contribution in [0.25, 0.3) is 0 Å². The third kappa shape index (κ3) is 3.42. The molecule has 2 aromatic rings. The number of halogens is 2. The maximum atomic E-state index is 13.7. The Morgan fingerprint density at radius 3 is 2.45 bits per heavy atom. The molecule has 0 heterocycles.